The minimum atomic E-state index is -0.808. The number of unbranched alkanes of at least 4 members (excludes halogenated alkanes) is 6. The molecule has 1 unspecified atom stereocenters. The van der Waals surface area contributed by atoms with Gasteiger partial charge < -0.3 is 4.74 Å². The summed E-state index contributed by atoms with van der Waals surface area (Å²) in [5.74, 6) is -1.61. The van der Waals surface area contributed by atoms with E-state index in [-0.39, 0.29) is 11.2 Å². The summed E-state index contributed by atoms with van der Waals surface area (Å²) < 4.78 is 37.1. The monoisotopic (exact) mass is 528 g/mol. The second-order valence-electron chi connectivity index (χ2n) is 10.7. The molecule has 0 N–H and O–H groups in total. The second-order valence-corrected chi connectivity index (χ2v) is 10.7. The molecular formula is C36H42F2O. The molecule has 39 heavy (non-hydrogen) atoms. The summed E-state index contributed by atoms with van der Waals surface area (Å²) in [6, 6.07) is 21.0. The van der Waals surface area contributed by atoms with Crippen LogP contribution in [0.25, 0.3) is 27.8 Å². The number of hydrogen-bond acceptors (Lipinski definition) is 1. The van der Waals surface area contributed by atoms with Crippen LogP contribution in [-0.2, 0) is 4.74 Å². The van der Waals surface area contributed by atoms with Gasteiger partial charge in [0.25, 0.3) is 0 Å². The normalized spacial score (nSPS) is 16.9. The minimum Gasteiger partial charge on any atom is -0.371 e. The summed E-state index contributed by atoms with van der Waals surface area (Å²) in [6.07, 6.45) is 17.2. The lowest BCUT2D eigenvalue weighted by Gasteiger charge is -2.33. The van der Waals surface area contributed by atoms with Crippen LogP contribution in [0.1, 0.15) is 83.6 Å². The molecule has 1 aliphatic rings. The van der Waals surface area contributed by atoms with Gasteiger partial charge in [-0.15, -0.1) is 0 Å². The maximum absolute atomic E-state index is 15.4. The van der Waals surface area contributed by atoms with Crippen molar-refractivity contribution < 1.29 is 13.5 Å². The molecule has 4 rings (SSSR count). The first-order valence-electron chi connectivity index (χ1n) is 14.7. The van der Waals surface area contributed by atoms with Crippen molar-refractivity contribution in [2.24, 2.45) is 0 Å². The van der Waals surface area contributed by atoms with Crippen molar-refractivity contribution in [2.45, 2.75) is 83.7 Å². The number of hydrogen-bond donors (Lipinski definition) is 0. The molecule has 0 aliphatic heterocycles. The van der Waals surface area contributed by atoms with Crippen molar-refractivity contribution >= 4 is 5.57 Å². The highest BCUT2D eigenvalue weighted by molar-refractivity contribution is 5.78. The van der Waals surface area contributed by atoms with Crippen LogP contribution in [0.4, 0.5) is 8.78 Å². The molecule has 3 heteroatoms. The molecule has 0 fully saturated rings. The highest BCUT2D eigenvalue weighted by atomic mass is 19.2. The van der Waals surface area contributed by atoms with Crippen molar-refractivity contribution in [3.63, 3.8) is 0 Å². The molecule has 0 amide bonds. The molecule has 1 aliphatic carbocycles. The van der Waals surface area contributed by atoms with E-state index in [1.165, 1.54) is 32.1 Å². The third-order valence-electron chi connectivity index (χ3n) is 7.77. The van der Waals surface area contributed by atoms with Crippen molar-refractivity contribution in [3.8, 4) is 22.3 Å². The van der Waals surface area contributed by atoms with E-state index in [4.69, 9.17) is 4.74 Å². The van der Waals surface area contributed by atoms with Gasteiger partial charge in [0, 0.05) is 17.7 Å². The van der Waals surface area contributed by atoms with Gasteiger partial charge in [-0.1, -0.05) is 144 Å². The number of ether oxygens (including phenoxy) is 1. The Hall–Kier alpha value is -3.04. The van der Waals surface area contributed by atoms with E-state index < -0.39 is 11.6 Å². The fourth-order valence-corrected chi connectivity index (χ4v) is 5.32. The van der Waals surface area contributed by atoms with Crippen LogP contribution < -0.4 is 0 Å². The van der Waals surface area contributed by atoms with Gasteiger partial charge in [0.2, 0.25) is 0 Å². The number of halogens is 2. The zero-order valence-corrected chi connectivity index (χ0v) is 23.5. The van der Waals surface area contributed by atoms with Gasteiger partial charge in [-0.2, -0.15) is 0 Å². The smallest absolute Gasteiger partial charge is 0.167 e. The van der Waals surface area contributed by atoms with Gasteiger partial charge in [-0.3, -0.25) is 0 Å². The third-order valence-corrected chi connectivity index (χ3v) is 7.77. The Balaban J connectivity index is 1.47. The number of allylic oxidation sites excluding steroid dienone is 2. The van der Waals surface area contributed by atoms with Crippen LogP contribution in [0.5, 0.6) is 0 Å². The summed E-state index contributed by atoms with van der Waals surface area (Å²) in [6.45, 7) is 5.12. The molecule has 1 nitrogen and oxygen atoms in total. The Labute approximate surface area is 233 Å². The Morgan fingerprint density at radius 3 is 1.97 bits per heavy atom. The SMILES string of the molecule is CCCCCCCCC1(OCCCC)C=CC(c2ccc(-c3ccc(-c4ccccc4)cc3)c(F)c2F)=CC1. The maximum Gasteiger partial charge on any atom is 0.167 e. The highest BCUT2D eigenvalue weighted by Crippen LogP contribution is 2.37. The topological polar surface area (TPSA) is 9.23 Å². The second kappa shape index (κ2) is 14.4. The fourth-order valence-electron chi connectivity index (χ4n) is 5.32. The van der Waals surface area contributed by atoms with Crippen LogP contribution in [0, 0.1) is 11.6 Å². The van der Waals surface area contributed by atoms with Gasteiger partial charge in [0.15, 0.2) is 11.6 Å². The predicted molar refractivity (Wildman–Crippen MR) is 161 cm³/mol. The van der Waals surface area contributed by atoms with Gasteiger partial charge in [0.1, 0.15) is 0 Å². The van der Waals surface area contributed by atoms with Gasteiger partial charge in [0.05, 0.1) is 5.60 Å². The molecule has 3 aromatic rings. The molecule has 0 bridgehead atoms. The molecule has 0 spiro atoms. The lowest BCUT2D eigenvalue weighted by atomic mass is 9.84. The minimum absolute atomic E-state index is 0.275. The first kappa shape index (κ1) is 29.0. The Morgan fingerprint density at radius 2 is 1.28 bits per heavy atom. The summed E-state index contributed by atoms with van der Waals surface area (Å²) >= 11 is 0. The Morgan fingerprint density at radius 1 is 0.667 bits per heavy atom. The van der Waals surface area contributed by atoms with Gasteiger partial charge >= 0.3 is 0 Å². The summed E-state index contributed by atoms with van der Waals surface area (Å²) in [4.78, 5) is 0. The van der Waals surface area contributed by atoms with Crippen LogP contribution in [0.15, 0.2) is 85.0 Å². The molecule has 0 saturated carbocycles. The summed E-state index contributed by atoms with van der Waals surface area (Å²) in [5, 5.41) is 0. The molecule has 0 radical (unpaired) electrons. The molecule has 0 saturated heterocycles. The van der Waals surface area contributed by atoms with Crippen LogP contribution >= 0.6 is 0 Å². The molecule has 0 heterocycles. The van der Waals surface area contributed by atoms with E-state index in [9.17, 15) is 0 Å². The maximum atomic E-state index is 15.4. The van der Waals surface area contributed by atoms with E-state index in [0.29, 0.717) is 17.5 Å². The Kier molecular flexibility index (Phi) is 10.7. The van der Waals surface area contributed by atoms with Gasteiger partial charge in [-0.05, 0) is 41.5 Å². The van der Waals surface area contributed by atoms with Crippen molar-refractivity contribution in [1.29, 1.82) is 0 Å². The average Bonchev–Trinajstić information content (AvgIpc) is 2.98. The van der Waals surface area contributed by atoms with Crippen molar-refractivity contribution in [3.05, 3.63) is 102 Å². The highest BCUT2D eigenvalue weighted by Gasteiger charge is 2.29. The third kappa shape index (κ3) is 7.54. The van der Waals surface area contributed by atoms with E-state index in [0.717, 1.165) is 49.0 Å². The van der Waals surface area contributed by atoms with Crippen LogP contribution in [0.3, 0.4) is 0 Å². The number of rotatable bonds is 14. The first-order chi connectivity index (χ1) is 19.1. The zero-order chi connectivity index (χ0) is 27.5. The van der Waals surface area contributed by atoms with E-state index in [2.05, 4.69) is 19.9 Å². The molecular weight excluding hydrogens is 486 g/mol. The fraction of sp³-hybridized carbons (Fsp3) is 0.389. The van der Waals surface area contributed by atoms with Crippen LogP contribution in [0.2, 0.25) is 0 Å². The average molecular weight is 529 g/mol. The molecule has 206 valence electrons. The van der Waals surface area contributed by atoms with Gasteiger partial charge in [-0.25, -0.2) is 8.78 Å². The summed E-state index contributed by atoms with van der Waals surface area (Å²) in [7, 11) is 0. The number of benzene rings is 3. The molecule has 0 aromatic heterocycles. The zero-order valence-electron chi connectivity index (χ0n) is 23.5. The molecule has 3 aromatic carbocycles. The predicted octanol–water partition coefficient (Wildman–Crippen LogP) is 10.9. The van der Waals surface area contributed by atoms with Crippen molar-refractivity contribution in [2.75, 3.05) is 6.61 Å². The largest absolute Gasteiger partial charge is 0.371 e. The lowest BCUT2D eigenvalue weighted by molar-refractivity contribution is -0.0160. The van der Waals surface area contributed by atoms with E-state index in [1.54, 1.807) is 12.1 Å². The van der Waals surface area contributed by atoms with Crippen LogP contribution in [-0.4, -0.2) is 12.2 Å². The standard InChI is InChI=1S/C36H42F2O/c1-3-5-7-8-9-13-24-36(39-27-6-4-2)25-22-31(23-26-36)33-21-20-32(34(37)35(33)38)30-18-16-29(17-19-30)28-14-11-10-12-15-28/h10-12,14-23,25H,3-9,13,24,26-27H2,1-2H3. The Bertz CT molecular complexity index is 1240. The summed E-state index contributed by atoms with van der Waals surface area (Å²) in [5.41, 5.74) is 3.74. The quantitative estimate of drug-likeness (QED) is 0.189. The molecule has 1 atom stereocenters. The first-order valence-corrected chi connectivity index (χ1v) is 14.7. The lowest BCUT2D eigenvalue weighted by Crippen LogP contribution is -2.31. The van der Waals surface area contributed by atoms with E-state index >= 15 is 8.78 Å². The van der Waals surface area contributed by atoms with Crippen molar-refractivity contribution in [1.82, 2.24) is 0 Å². The van der Waals surface area contributed by atoms with E-state index in [1.807, 2.05) is 66.7 Å².